The molecule has 1 fully saturated rings. The monoisotopic (exact) mass is 448 g/mol. The number of carbonyl (C=O) groups excluding carboxylic acids is 1. The summed E-state index contributed by atoms with van der Waals surface area (Å²) in [5, 5.41) is 2.63. The summed E-state index contributed by atoms with van der Waals surface area (Å²) in [7, 11) is 1.70. The van der Waals surface area contributed by atoms with E-state index in [4.69, 9.17) is 14.7 Å². The number of anilines is 1. The van der Waals surface area contributed by atoms with Crippen molar-refractivity contribution in [3.05, 3.63) is 82.7 Å². The summed E-state index contributed by atoms with van der Waals surface area (Å²) in [5.41, 5.74) is 3.73. The van der Waals surface area contributed by atoms with E-state index in [9.17, 15) is 9.18 Å². The maximum Gasteiger partial charge on any atom is 0.229 e. The van der Waals surface area contributed by atoms with Crippen LogP contribution in [0.1, 0.15) is 40.7 Å². The van der Waals surface area contributed by atoms with Crippen molar-refractivity contribution in [3.8, 4) is 5.75 Å². The van der Waals surface area contributed by atoms with E-state index in [0.29, 0.717) is 0 Å². The molecule has 1 N–H and O–H groups in total. The third-order valence-corrected chi connectivity index (χ3v) is 6.15. The number of halogens is 1. The lowest BCUT2D eigenvalue weighted by atomic mass is 10.0. The van der Waals surface area contributed by atoms with Crippen LogP contribution in [0.2, 0.25) is 0 Å². The third kappa shape index (κ3) is 5.37. The second kappa shape index (κ2) is 10.1. The molecule has 1 aliphatic heterocycles. The van der Waals surface area contributed by atoms with Gasteiger partial charge in [0, 0.05) is 41.5 Å². The average Bonchev–Trinajstić information content (AvgIpc) is 3.26. The number of methoxy groups -OCH3 is 1. The maximum absolute atomic E-state index is 13.8. The Hall–Kier alpha value is -3.32. The number of ether oxygens (including phenoxy) is 1. The van der Waals surface area contributed by atoms with Gasteiger partial charge in [-0.15, -0.1) is 0 Å². The molecule has 0 bridgehead atoms. The SMILES string of the molecule is COc1ccccc1CN1CCC(c2nc(C)c(CC(=O)Nc3ccccc3F)c(C)n2)C1. The molecule has 1 aromatic heterocycles. The van der Waals surface area contributed by atoms with Gasteiger partial charge in [0.05, 0.1) is 19.2 Å². The van der Waals surface area contributed by atoms with E-state index in [2.05, 4.69) is 16.3 Å². The molecule has 4 rings (SSSR count). The van der Waals surface area contributed by atoms with Gasteiger partial charge in [0.15, 0.2) is 0 Å². The second-order valence-electron chi connectivity index (χ2n) is 8.47. The van der Waals surface area contributed by atoms with Crippen molar-refractivity contribution in [2.24, 2.45) is 0 Å². The summed E-state index contributed by atoms with van der Waals surface area (Å²) in [4.78, 5) is 24.4. The van der Waals surface area contributed by atoms with Crippen LogP contribution in [-0.2, 0) is 17.8 Å². The highest BCUT2D eigenvalue weighted by molar-refractivity contribution is 5.92. The number of rotatable bonds is 7. The molecule has 3 aromatic rings. The Labute approximate surface area is 193 Å². The summed E-state index contributed by atoms with van der Waals surface area (Å²) in [6.07, 6.45) is 1.10. The smallest absolute Gasteiger partial charge is 0.229 e. The van der Waals surface area contributed by atoms with Gasteiger partial charge in [0.25, 0.3) is 0 Å². The number of aromatic nitrogens is 2. The van der Waals surface area contributed by atoms with Crippen LogP contribution in [0, 0.1) is 19.7 Å². The van der Waals surface area contributed by atoms with Gasteiger partial charge in [0.1, 0.15) is 17.4 Å². The average molecular weight is 449 g/mol. The minimum Gasteiger partial charge on any atom is -0.496 e. The van der Waals surface area contributed by atoms with Crippen molar-refractivity contribution in [2.75, 3.05) is 25.5 Å². The first-order valence-electron chi connectivity index (χ1n) is 11.2. The molecule has 0 spiro atoms. The van der Waals surface area contributed by atoms with Crippen LogP contribution < -0.4 is 10.1 Å². The third-order valence-electron chi connectivity index (χ3n) is 6.15. The molecule has 33 heavy (non-hydrogen) atoms. The van der Waals surface area contributed by atoms with Gasteiger partial charge in [-0.25, -0.2) is 14.4 Å². The number of likely N-dealkylation sites (tertiary alicyclic amines) is 1. The molecule has 2 heterocycles. The molecule has 2 aromatic carbocycles. The van der Waals surface area contributed by atoms with Gasteiger partial charge in [-0.05, 0) is 45.0 Å². The Morgan fingerprint density at radius 3 is 2.55 bits per heavy atom. The van der Waals surface area contributed by atoms with E-state index in [1.165, 1.54) is 11.6 Å². The molecule has 1 saturated heterocycles. The van der Waals surface area contributed by atoms with Crippen LogP contribution in [-0.4, -0.2) is 41.0 Å². The van der Waals surface area contributed by atoms with Crippen molar-refractivity contribution in [1.29, 1.82) is 0 Å². The number of para-hydroxylation sites is 2. The number of hydrogen-bond donors (Lipinski definition) is 1. The molecule has 172 valence electrons. The molecule has 6 nitrogen and oxygen atoms in total. The molecule has 1 amide bonds. The zero-order chi connectivity index (χ0) is 23.4. The summed E-state index contributed by atoms with van der Waals surface area (Å²) >= 11 is 0. The summed E-state index contributed by atoms with van der Waals surface area (Å²) in [5.74, 6) is 1.24. The number of carbonyl (C=O) groups is 1. The van der Waals surface area contributed by atoms with E-state index in [0.717, 1.165) is 54.6 Å². The van der Waals surface area contributed by atoms with E-state index in [-0.39, 0.29) is 23.9 Å². The van der Waals surface area contributed by atoms with Crippen molar-refractivity contribution in [2.45, 2.75) is 39.2 Å². The predicted octanol–water partition coefficient (Wildman–Crippen LogP) is 4.41. The number of aryl methyl sites for hydroxylation is 2. The minimum absolute atomic E-state index is 0.108. The molecule has 1 unspecified atom stereocenters. The van der Waals surface area contributed by atoms with Crippen LogP contribution in [0.15, 0.2) is 48.5 Å². The second-order valence-corrected chi connectivity index (χ2v) is 8.47. The number of amides is 1. The Bertz CT molecular complexity index is 1130. The molecular weight excluding hydrogens is 419 g/mol. The topological polar surface area (TPSA) is 67.3 Å². The van der Waals surface area contributed by atoms with E-state index in [1.807, 2.05) is 32.0 Å². The first kappa shape index (κ1) is 22.9. The van der Waals surface area contributed by atoms with E-state index < -0.39 is 5.82 Å². The van der Waals surface area contributed by atoms with Crippen LogP contribution in [0.4, 0.5) is 10.1 Å². The summed E-state index contributed by atoms with van der Waals surface area (Å²) < 4.78 is 19.3. The number of benzene rings is 2. The Kier molecular flexibility index (Phi) is 6.99. The standard InChI is InChI=1S/C26H29FN4O2/c1-17-21(14-25(32)30-23-10-6-5-9-22(23)27)18(2)29-26(28-17)20-12-13-31(16-20)15-19-8-4-7-11-24(19)33-3/h4-11,20H,12-16H2,1-3H3,(H,30,32). The van der Waals surface area contributed by atoms with Crippen LogP contribution in [0.3, 0.4) is 0 Å². The molecule has 0 aliphatic carbocycles. The summed E-state index contributed by atoms with van der Waals surface area (Å²) in [6, 6.07) is 14.2. The molecule has 1 atom stereocenters. The van der Waals surface area contributed by atoms with Crippen molar-refractivity contribution < 1.29 is 13.9 Å². The van der Waals surface area contributed by atoms with Crippen molar-refractivity contribution in [1.82, 2.24) is 14.9 Å². The highest BCUT2D eigenvalue weighted by Crippen LogP contribution is 2.29. The lowest BCUT2D eigenvalue weighted by molar-refractivity contribution is -0.115. The first-order chi connectivity index (χ1) is 15.9. The Morgan fingerprint density at radius 1 is 1.12 bits per heavy atom. The largest absolute Gasteiger partial charge is 0.496 e. The van der Waals surface area contributed by atoms with E-state index in [1.54, 1.807) is 25.3 Å². The van der Waals surface area contributed by atoms with Crippen LogP contribution >= 0.6 is 0 Å². The number of nitrogens with zero attached hydrogens (tertiary/aromatic N) is 3. The lowest BCUT2D eigenvalue weighted by Gasteiger charge is -2.18. The minimum atomic E-state index is -0.454. The molecular formula is C26H29FN4O2. The fourth-order valence-electron chi connectivity index (χ4n) is 4.38. The van der Waals surface area contributed by atoms with Gasteiger partial charge in [0.2, 0.25) is 5.91 Å². The van der Waals surface area contributed by atoms with Crippen molar-refractivity contribution in [3.63, 3.8) is 0 Å². The fourth-order valence-corrected chi connectivity index (χ4v) is 4.38. The number of nitrogens with one attached hydrogen (secondary N) is 1. The Balaban J connectivity index is 1.42. The predicted molar refractivity (Wildman–Crippen MR) is 126 cm³/mol. The Morgan fingerprint density at radius 2 is 1.82 bits per heavy atom. The molecule has 0 radical (unpaired) electrons. The summed E-state index contributed by atoms with van der Waals surface area (Å²) in [6.45, 7) is 6.49. The van der Waals surface area contributed by atoms with Crippen LogP contribution in [0.5, 0.6) is 5.75 Å². The first-order valence-corrected chi connectivity index (χ1v) is 11.2. The zero-order valence-electron chi connectivity index (χ0n) is 19.3. The van der Waals surface area contributed by atoms with Gasteiger partial charge >= 0.3 is 0 Å². The zero-order valence-corrected chi connectivity index (χ0v) is 19.3. The van der Waals surface area contributed by atoms with E-state index >= 15 is 0 Å². The highest BCUT2D eigenvalue weighted by atomic mass is 19.1. The van der Waals surface area contributed by atoms with Crippen molar-refractivity contribution >= 4 is 11.6 Å². The highest BCUT2D eigenvalue weighted by Gasteiger charge is 2.27. The van der Waals surface area contributed by atoms with Gasteiger partial charge < -0.3 is 10.1 Å². The maximum atomic E-state index is 13.8. The molecule has 1 aliphatic rings. The number of hydrogen-bond acceptors (Lipinski definition) is 5. The van der Waals surface area contributed by atoms with Gasteiger partial charge in [-0.1, -0.05) is 30.3 Å². The molecule has 7 heteroatoms. The normalized spacial score (nSPS) is 16.1. The van der Waals surface area contributed by atoms with Gasteiger partial charge in [-0.2, -0.15) is 0 Å². The molecule has 0 saturated carbocycles. The van der Waals surface area contributed by atoms with Gasteiger partial charge in [-0.3, -0.25) is 9.69 Å². The fraction of sp³-hybridized carbons (Fsp3) is 0.346. The van der Waals surface area contributed by atoms with Crippen LogP contribution in [0.25, 0.3) is 0 Å². The quantitative estimate of drug-likeness (QED) is 0.580. The lowest BCUT2D eigenvalue weighted by Crippen LogP contribution is -2.21.